The van der Waals surface area contributed by atoms with Crippen molar-refractivity contribution in [1.29, 1.82) is 0 Å². The van der Waals surface area contributed by atoms with Gasteiger partial charge in [0.1, 0.15) is 0 Å². The van der Waals surface area contributed by atoms with E-state index in [0.717, 1.165) is 12.8 Å². The summed E-state index contributed by atoms with van der Waals surface area (Å²) in [5.74, 6) is 5.81. The molecule has 1 aromatic heterocycles. The highest BCUT2D eigenvalue weighted by molar-refractivity contribution is 7.89. The number of aromatic nitrogens is 1. The van der Waals surface area contributed by atoms with Crippen molar-refractivity contribution in [3.8, 4) is 11.8 Å². The molecule has 0 spiro atoms. The number of rotatable bonds is 3. The third kappa shape index (κ3) is 4.84. The van der Waals surface area contributed by atoms with Gasteiger partial charge in [0.15, 0.2) is 5.82 Å². The van der Waals surface area contributed by atoms with E-state index in [2.05, 4.69) is 22.1 Å². The lowest BCUT2D eigenvalue weighted by molar-refractivity contribution is 0.209. The quantitative estimate of drug-likeness (QED) is 0.779. The van der Waals surface area contributed by atoms with E-state index in [1.165, 1.54) is 16.6 Å². The molecule has 0 bridgehead atoms. The second-order valence-corrected chi connectivity index (χ2v) is 8.90. The molecule has 2 rings (SSSR count). The summed E-state index contributed by atoms with van der Waals surface area (Å²) in [5, 5.41) is 10.8. The summed E-state index contributed by atoms with van der Waals surface area (Å²) in [6, 6.07) is 1.52. The minimum Gasteiger partial charge on any atom is -0.465 e. The normalized spacial score (nSPS) is 18.5. The molecule has 1 amide bonds. The molecule has 0 aromatic carbocycles. The van der Waals surface area contributed by atoms with Crippen LogP contribution >= 0.6 is 11.6 Å². The Bertz CT molecular complexity index is 814. The molecular formula is C16H20ClN3O4S. The summed E-state index contributed by atoms with van der Waals surface area (Å²) >= 11 is 6.09. The Balaban J connectivity index is 2.23. The third-order valence-corrected chi connectivity index (χ3v) is 6.42. The van der Waals surface area contributed by atoms with Gasteiger partial charge in [-0.2, -0.15) is 0 Å². The maximum absolute atomic E-state index is 12.3. The predicted octanol–water partition coefficient (Wildman–Crippen LogP) is 2.63. The van der Waals surface area contributed by atoms with Gasteiger partial charge in [-0.25, -0.2) is 22.5 Å². The standard InChI is InChI=1S/C16H20ClN3O4S/c1-11(2)25(23,24)20-9-3-4-12(10-20)5-6-13-14(17)7-8-18-15(13)19-16(21)22/h7-8,11-12H,3-4,9-10H2,1-2H3,(H,18,19)(H,21,22). The highest BCUT2D eigenvalue weighted by Crippen LogP contribution is 2.23. The number of hydrogen-bond acceptors (Lipinski definition) is 4. The van der Waals surface area contributed by atoms with Gasteiger partial charge in [-0.1, -0.05) is 23.4 Å². The Morgan fingerprint density at radius 1 is 1.52 bits per heavy atom. The molecule has 9 heteroatoms. The molecule has 1 aromatic rings. The van der Waals surface area contributed by atoms with Crippen LogP contribution in [0.1, 0.15) is 32.3 Å². The van der Waals surface area contributed by atoms with Gasteiger partial charge in [-0.3, -0.25) is 5.32 Å². The molecule has 1 fully saturated rings. The van der Waals surface area contributed by atoms with Crippen LogP contribution in [0.5, 0.6) is 0 Å². The van der Waals surface area contributed by atoms with Gasteiger partial charge in [-0.15, -0.1) is 0 Å². The molecule has 1 unspecified atom stereocenters. The number of carbonyl (C=O) groups is 1. The number of sulfonamides is 1. The Labute approximate surface area is 152 Å². The minimum absolute atomic E-state index is 0.0648. The first-order valence-corrected chi connectivity index (χ1v) is 9.75. The van der Waals surface area contributed by atoms with Gasteiger partial charge in [0.2, 0.25) is 10.0 Å². The fraction of sp³-hybridized carbons (Fsp3) is 0.500. The molecule has 0 radical (unpaired) electrons. The smallest absolute Gasteiger partial charge is 0.410 e. The SMILES string of the molecule is CC(C)S(=O)(=O)N1CCCC(C#Cc2c(Cl)ccnc2NC(=O)O)C1. The maximum atomic E-state index is 12.3. The lowest BCUT2D eigenvalue weighted by Gasteiger charge is -2.30. The van der Waals surface area contributed by atoms with Crippen LogP contribution in [0.2, 0.25) is 5.02 Å². The summed E-state index contributed by atoms with van der Waals surface area (Å²) in [5.41, 5.74) is 0.287. The first kappa shape index (κ1) is 19.5. The Kier molecular flexibility index (Phi) is 6.27. The van der Waals surface area contributed by atoms with E-state index in [9.17, 15) is 13.2 Å². The van der Waals surface area contributed by atoms with Crippen LogP contribution in [0, 0.1) is 17.8 Å². The van der Waals surface area contributed by atoms with Crippen molar-refractivity contribution in [3.05, 3.63) is 22.8 Å². The van der Waals surface area contributed by atoms with Crippen molar-refractivity contribution in [3.63, 3.8) is 0 Å². The number of halogens is 1. The Hall–Kier alpha value is -1.82. The zero-order chi connectivity index (χ0) is 18.6. The van der Waals surface area contributed by atoms with Crippen LogP contribution in [0.3, 0.4) is 0 Å². The predicted molar refractivity (Wildman–Crippen MR) is 96.1 cm³/mol. The monoisotopic (exact) mass is 385 g/mol. The molecule has 2 heterocycles. The van der Waals surface area contributed by atoms with Crippen LogP contribution < -0.4 is 5.32 Å². The number of amides is 1. The van der Waals surface area contributed by atoms with Crippen LogP contribution in [0.4, 0.5) is 10.6 Å². The van der Waals surface area contributed by atoms with Gasteiger partial charge in [0.25, 0.3) is 0 Å². The number of nitrogens with one attached hydrogen (secondary N) is 1. The summed E-state index contributed by atoms with van der Waals surface area (Å²) < 4.78 is 26.1. The molecule has 1 atom stereocenters. The van der Waals surface area contributed by atoms with Crippen molar-refractivity contribution in [2.75, 3.05) is 18.4 Å². The molecule has 25 heavy (non-hydrogen) atoms. The van der Waals surface area contributed by atoms with Gasteiger partial charge in [0.05, 0.1) is 15.8 Å². The second kappa shape index (κ2) is 8.04. The highest BCUT2D eigenvalue weighted by atomic mass is 35.5. The fourth-order valence-electron chi connectivity index (χ4n) is 2.52. The van der Waals surface area contributed by atoms with Crippen molar-refractivity contribution in [2.45, 2.75) is 31.9 Å². The molecule has 1 aliphatic heterocycles. The minimum atomic E-state index is -3.31. The molecular weight excluding hydrogens is 366 g/mol. The fourth-order valence-corrected chi connectivity index (χ4v) is 4.08. The van der Waals surface area contributed by atoms with Crippen molar-refractivity contribution in [1.82, 2.24) is 9.29 Å². The topological polar surface area (TPSA) is 99.6 Å². The highest BCUT2D eigenvalue weighted by Gasteiger charge is 2.30. The molecule has 7 nitrogen and oxygen atoms in total. The Morgan fingerprint density at radius 2 is 2.24 bits per heavy atom. The lowest BCUT2D eigenvalue weighted by Crippen LogP contribution is -2.42. The number of hydrogen-bond donors (Lipinski definition) is 2. The summed E-state index contributed by atoms with van der Waals surface area (Å²) in [6.07, 6.45) is 1.63. The molecule has 0 saturated carbocycles. The van der Waals surface area contributed by atoms with Crippen LogP contribution in [-0.2, 0) is 10.0 Å². The van der Waals surface area contributed by atoms with E-state index in [1.54, 1.807) is 13.8 Å². The van der Waals surface area contributed by atoms with Gasteiger partial charge < -0.3 is 5.11 Å². The first-order valence-electron chi connectivity index (χ1n) is 7.86. The van der Waals surface area contributed by atoms with Gasteiger partial charge in [0, 0.05) is 25.2 Å². The zero-order valence-corrected chi connectivity index (χ0v) is 15.6. The van der Waals surface area contributed by atoms with E-state index >= 15 is 0 Å². The number of piperidine rings is 1. The average molecular weight is 386 g/mol. The summed E-state index contributed by atoms with van der Waals surface area (Å²) in [6.45, 7) is 4.14. The number of carboxylic acid groups (broad SMARTS) is 1. The van der Waals surface area contributed by atoms with E-state index in [-0.39, 0.29) is 22.3 Å². The third-order valence-electron chi connectivity index (χ3n) is 3.87. The van der Waals surface area contributed by atoms with E-state index in [4.69, 9.17) is 16.7 Å². The van der Waals surface area contributed by atoms with Crippen molar-refractivity contribution < 1.29 is 18.3 Å². The first-order chi connectivity index (χ1) is 11.7. The average Bonchev–Trinajstić information content (AvgIpc) is 2.54. The molecule has 2 N–H and O–H groups in total. The van der Waals surface area contributed by atoms with Crippen molar-refractivity contribution in [2.24, 2.45) is 5.92 Å². The van der Waals surface area contributed by atoms with Crippen LogP contribution in [0.15, 0.2) is 12.3 Å². The molecule has 1 aliphatic rings. The van der Waals surface area contributed by atoms with Crippen LogP contribution in [0.25, 0.3) is 0 Å². The number of anilines is 1. The van der Waals surface area contributed by atoms with Crippen LogP contribution in [-0.4, -0.2) is 47.2 Å². The van der Waals surface area contributed by atoms with Gasteiger partial charge in [-0.05, 0) is 32.8 Å². The lowest BCUT2D eigenvalue weighted by atomic mass is 10.00. The van der Waals surface area contributed by atoms with Gasteiger partial charge >= 0.3 is 6.09 Å². The van der Waals surface area contributed by atoms with Crippen molar-refractivity contribution >= 4 is 33.5 Å². The maximum Gasteiger partial charge on any atom is 0.410 e. The molecule has 1 saturated heterocycles. The largest absolute Gasteiger partial charge is 0.465 e. The van der Waals surface area contributed by atoms with E-state index in [1.807, 2.05) is 0 Å². The Morgan fingerprint density at radius 3 is 2.88 bits per heavy atom. The molecule has 136 valence electrons. The second-order valence-electron chi connectivity index (χ2n) is 6.01. The summed E-state index contributed by atoms with van der Waals surface area (Å²) in [4.78, 5) is 14.8. The number of pyridine rings is 1. The summed E-state index contributed by atoms with van der Waals surface area (Å²) in [7, 11) is -3.31. The zero-order valence-electron chi connectivity index (χ0n) is 14.0. The van der Waals surface area contributed by atoms with E-state index < -0.39 is 21.4 Å². The van der Waals surface area contributed by atoms with E-state index in [0.29, 0.717) is 13.1 Å². The number of nitrogens with zero attached hydrogens (tertiary/aromatic N) is 2. The molecule has 0 aliphatic carbocycles.